The van der Waals surface area contributed by atoms with Gasteiger partial charge >= 0.3 is 0 Å². The Morgan fingerprint density at radius 3 is 2.63 bits per heavy atom. The van der Waals surface area contributed by atoms with Crippen molar-refractivity contribution in [2.24, 2.45) is 5.92 Å². The van der Waals surface area contributed by atoms with Crippen LogP contribution in [0.4, 0.5) is 5.82 Å². The fourth-order valence-corrected chi connectivity index (χ4v) is 6.46. The number of aromatic nitrogens is 6. The zero-order chi connectivity index (χ0) is 30.7. The minimum atomic E-state index is -0.662. The molecule has 234 valence electrons. The molecule has 2 atom stereocenters. The molecule has 2 aliphatic rings. The first-order chi connectivity index (χ1) is 20.8. The van der Waals surface area contributed by atoms with Crippen molar-refractivity contribution in [1.82, 2.24) is 34.4 Å². The van der Waals surface area contributed by atoms with E-state index in [0.717, 1.165) is 67.4 Å². The van der Waals surface area contributed by atoms with E-state index in [1.165, 1.54) is 19.2 Å². The summed E-state index contributed by atoms with van der Waals surface area (Å²) in [6.45, 7) is 7.15. The number of nitrogens with two attached hydrogens (primary N) is 1. The van der Waals surface area contributed by atoms with Crippen molar-refractivity contribution in [3.63, 3.8) is 0 Å². The van der Waals surface area contributed by atoms with Crippen molar-refractivity contribution in [2.75, 3.05) is 32.6 Å². The van der Waals surface area contributed by atoms with Gasteiger partial charge in [0.2, 0.25) is 0 Å². The Kier molecular flexibility index (Phi) is 9.62. The Morgan fingerprint density at radius 1 is 1.14 bits per heavy atom. The van der Waals surface area contributed by atoms with Gasteiger partial charge in [0, 0.05) is 37.6 Å². The average molecular weight is 595 g/mol. The molecular formula is C31H46N8O4. The summed E-state index contributed by atoms with van der Waals surface area (Å²) in [6, 6.07) is 6.97. The van der Waals surface area contributed by atoms with Crippen LogP contribution in [0.25, 0.3) is 22.2 Å². The van der Waals surface area contributed by atoms with Gasteiger partial charge in [-0.3, -0.25) is 9.47 Å². The third-order valence-electron chi connectivity index (χ3n) is 9.26. The predicted octanol–water partition coefficient (Wildman–Crippen LogP) is 2.94. The number of aliphatic hydroxyl groups is 3. The van der Waals surface area contributed by atoms with Crippen molar-refractivity contribution >= 4 is 28.0 Å². The van der Waals surface area contributed by atoms with Crippen LogP contribution >= 0.6 is 0 Å². The number of H-pyrrole nitrogens is 1. The molecule has 4 heterocycles. The number of anilines is 1. The smallest absolute Gasteiger partial charge is 0.167 e. The van der Waals surface area contributed by atoms with Gasteiger partial charge in [0.05, 0.1) is 36.7 Å². The molecular weight excluding hydrogens is 548 g/mol. The normalized spacial score (nSPS) is 22.3. The molecule has 0 bridgehead atoms. The second kappa shape index (κ2) is 13.2. The fourth-order valence-electron chi connectivity index (χ4n) is 6.46. The van der Waals surface area contributed by atoms with Gasteiger partial charge in [0.25, 0.3) is 0 Å². The highest BCUT2D eigenvalue weighted by molar-refractivity contribution is 5.81. The molecule has 3 aromatic heterocycles. The van der Waals surface area contributed by atoms with E-state index in [0.29, 0.717) is 29.3 Å². The van der Waals surface area contributed by atoms with Crippen LogP contribution in [0.3, 0.4) is 0 Å². The zero-order valence-electron chi connectivity index (χ0n) is 25.6. The minimum absolute atomic E-state index is 0.0802. The summed E-state index contributed by atoms with van der Waals surface area (Å²) in [4.78, 5) is 23.7. The SMILES string of the molecule is CC(C)N(CC1CCC(n2cnc3c(N)ncnc32)O1)C1CC(CCc2nc3ccc(C(C)(CO)CO)cc3[nH]2)C1.CO. The van der Waals surface area contributed by atoms with E-state index in [9.17, 15) is 10.2 Å². The van der Waals surface area contributed by atoms with Gasteiger partial charge in [-0.15, -0.1) is 0 Å². The average Bonchev–Trinajstić information content (AvgIpc) is 3.74. The van der Waals surface area contributed by atoms with Gasteiger partial charge in [0.1, 0.15) is 23.9 Å². The number of imidazole rings is 2. The van der Waals surface area contributed by atoms with Gasteiger partial charge in [0.15, 0.2) is 11.5 Å². The third kappa shape index (κ3) is 6.39. The van der Waals surface area contributed by atoms with Crippen LogP contribution < -0.4 is 5.73 Å². The summed E-state index contributed by atoms with van der Waals surface area (Å²) in [7, 11) is 1.00. The molecule has 12 heteroatoms. The molecule has 1 aliphatic heterocycles. The quantitative estimate of drug-likeness (QED) is 0.174. The molecule has 12 nitrogen and oxygen atoms in total. The Labute approximate surface area is 252 Å². The van der Waals surface area contributed by atoms with Crippen LogP contribution in [0.2, 0.25) is 0 Å². The van der Waals surface area contributed by atoms with Gasteiger partial charge < -0.3 is 30.8 Å². The number of nitrogen functional groups attached to an aromatic ring is 1. The highest BCUT2D eigenvalue weighted by Crippen LogP contribution is 2.38. The number of nitrogens with zero attached hydrogens (tertiary/aromatic N) is 6. The lowest BCUT2D eigenvalue weighted by molar-refractivity contribution is -0.0393. The largest absolute Gasteiger partial charge is 0.400 e. The van der Waals surface area contributed by atoms with Crippen molar-refractivity contribution in [1.29, 1.82) is 0 Å². The highest BCUT2D eigenvalue weighted by atomic mass is 16.5. The Bertz CT molecular complexity index is 1490. The topological polar surface area (TPSA) is 171 Å². The van der Waals surface area contributed by atoms with Gasteiger partial charge in [-0.2, -0.15) is 0 Å². The number of hydrogen-bond donors (Lipinski definition) is 5. The predicted molar refractivity (Wildman–Crippen MR) is 165 cm³/mol. The maximum atomic E-state index is 9.76. The number of fused-ring (bicyclic) bond motifs is 2. The van der Waals surface area contributed by atoms with Crippen LogP contribution in [0.1, 0.15) is 70.5 Å². The summed E-state index contributed by atoms with van der Waals surface area (Å²) in [5, 5.41) is 26.5. The number of rotatable bonds is 11. The monoisotopic (exact) mass is 594 g/mol. The lowest BCUT2D eigenvalue weighted by Gasteiger charge is -2.46. The Balaban J connectivity index is 0.00000180. The minimum Gasteiger partial charge on any atom is -0.400 e. The van der Waals surface area contributed by atoms with Crippen LogP contribution in [-0.4, -0.2) is 94.8 Å². The third-order valence-corrected chi connectivity index (χ3v) is 9.26. The van der Waals surface area contributed by atoms with E-state index in [1.807, 2.05) is 29.7 Å². The molecule has 1 saturated heterocycles. The van der Waals surface area contributed by atoms with Crippen molar-refractivity contribution in [3.05, 3.63) is 42.2 Å². The first-order valence-corrected chi connectivity index (χ1v) is 15.3. The van der Waals surface area contributed by atoms with E-state index < -0.39 is 5.41 Å². The van der Waals surface area contributed by atoms with E-state index in [2.05, 4.69) is 38.7 Å². The van der Waals surface area contributed by atoms with Crippen molar-refractivity contribution < 1.29 is 20.1 Å². The second-order valence-corrected chi connectivity index (χ2v) is 12.5. The second-order valence-electron chi connectivity index (χ2n) is 12.5. The molecule has 4 aromatic rings. The molecule has 0 amide bonds. The van der Waals surface area contributed by atoms with Crippen molar-refractivity contribution in [2.45, 2.75) is 89.1 Å². The molecule has 6 N–H and O–H groups in total. The molecule has 1 aromatic carbocycles. The Morgan fingerprint density at radius 2 is 1.91 bits per heavy atom. The molecule has 1 saturated carbocycles. The maximum Gasteiger partial charge on any atom is 0.167 e. The first kappa shape index (κ1) is 31.3. The van der Waals surface area contributed by atoms with E-state index in [1.54, 1.807) is 6.33 Å². The lowest BCUT2D eigenvalue weighted by Crippen LogP contribution is -2.50. The van der Waals surface area contributed by atoms with Crippen LogP contribution in [0.15, 0.2) is 30.9 Å². The van der Waals surface area contributed by atoms with Crippen LogP contribution in [0.5, 0.6) is 0 Å². The molecule has 43 heavy (non-hydrogen) atoms. The zero-order valence-corrected chi connectivity index (χ0v) is 25.6. The maximum absolute atomic E-state index is 9.76. The number of benzene rings is 1. The Hall–Kier alpha value is -3.16. The van der Waals surface area contributed by atoms with E-state index in [-0.39, 0.29) is 25.5 Å². The summed E-state index contributed by atoms with van der Waals surface area (Å²) < 4.78 is 8.49. The lowest BCUT2D eigenvalue weighted by atomic mass is 9.76. The number of ether oxygens (including phenoxy) is 1. The fraction of sp³-hybridized carbons (Fsp3) is 0.613. The van der Waals surface area contributed by atoms with Crippen molar-refractivity contribution in [3.8, 4) is 0 Å². The summed E-state index contributed by atoms with van der Waals surface area (Å²) in [5.41, 5.74) is 9.45. The summed E-state index contributed by atoms with van der Waals surface area (Å²) in [6.07, 6.45) is 9.71. The number of aromatic amines is 1. The molecule has 2 unspecified atom stereocenters. The number of aliphatic hydroxyl groups excluding tert-OH is 3. The standard InChI is InChI=1S/C30H42N8O3.CH4O/c1-18(2)37(13-22-6-9-26(41-22)38-17-34-27-28(31)32-16-33-29(27)38)21-10-19(11-21)4-8-25-35-23-7-5-20(12-24(23)36-25)30(3,14-39)15-40;1-2/h5,7,12,16-19,21-22,26,39-40H,4,6,8-11,13-15H2,1-3H3,(H,35,36)(H2,31,32,33);2H,1H3. The van der Waals surface area contributed by atoms with Gasteiger partial charge in [-0.05, 0) is 69.6 Å². The molecule has 0 spiro atoms. The van der Waals surface area contributed by atoms with Gasteiger partial charge in [-0.1, -0.05) is 13.0 Å². The molecule has 2 fully saturated rings. The van der Waals surface area contributed by atoms with Crippen LogP contribution in [-0.2, 0) is 16.6 Å². The van der Waals surface area contributed by atoms with Gasteiger partial charge in [-0.25, -0.2) is 19.9 Å². The number of aryl methyl sites for hydroxylation is 1. The first-order valence-electron chi connectivity index (χ1n) is 15.3. The summed E-state index contributed by atoms with van der Waals surface area (Å²) in [5.74, 6) is 2.09. The number of nitrogens with one attached hydrogen (secondary N) is 1. The molecule has 6 rings (SSSR count). The molecule has 0 radical (unpaired) electrons. The van der Waals surface area contributed by atoms with E-state index >= 15 is 0 Å². The van der Waals surface area contributed by atoms with Crippen LogP contribution in [0, 0.1) is 5.92 Å². The number of hydrogen-bond acceptors (Lipinski definition) is 10. The molecule has 1 aliphatic carbocycles. The summed E-state index contributed by atoms with van der Waals surface area (Å²) >= 11 is 0. The van der Waals surface area contributed by atoms with E-state index in [4.69, 9.17) is 20.6 Å². The highest BCUT2D eigenvalue weighted by Gasteiger charge is 2.37.